The Balaban J connectivity index is 1.12. The maximum Gasteiger partial charge on any atom is 0.336 e. The van der Waals surface area contributed by atoms with E-state index in [0.717, 1.165) is 0 Å². The summed E-state index contributed by atoms with van der Waals surface area (Å²) < 4.78 is 12.8. The first-order valence-electron chi connectivity index (χ1n) is 27.2. The Morgan fingerprint density at radius 3 is 0.965 bits per heavy atom. The highest BCUT2D eigenvalue weighted by molar-refractivity contribution is 6.15. The topological polar surface area (TPSA) is 230 Å². The number of anilines is 4. The molecule has 85 heavy (non-hydrogen) atoms. The average Bonchev–Trinajstić information content (AvgIpc) is 4.00. The second kappa shape index (κ2) is 20.0. The van der Waals surface area contributed by atoms with Crippen LogP contribution in [-0.4, -0.2) is 54.6 Å². The first-order chi connectivity index (χ1) is 41.5. The highest BCUT2D eigenvalue weighted by Gasteiger charge is 2.27. The molecule has 9 heterocycles. The summed E-state index contributed by atoms with van der Waals surface area (Å²) in [6.45, 7) is -0.619. The number of aromatic carboxylic acids is 1. The van der Waals surface area contributed by atoms with Crippen LogP contribution in [0.25, 0.3) is 90.9 Å². The predicted octanol–water partition coefficient (Wildman–Crippen LogP) is 14.1. The number of para-hydroxylation sites is 4. The molecule has 408 valence electrons. The monoisotopic (exact) mass is 1110 g/mol. The van der Waals surface area contributed by atoms with E-state index in [-0.39, 0.29) is 63.7 Å². The van der Waals surface area contributed by atoms with Gasteiger partial charge in [-0.25, -0.2) is 14.8 Å². The van der Waals surface area contributed by atoms with E-state index < -0.39 is 29.6 Å². The molecule has 0 saturated heterocycles. The molecular weight excluding hydrogens is 1070 g/mol. The third-order valence-corrected chi connectivity index (χ3v) is 15.6. The van der Waals surface area contributed by atoms with Gasteiger partial charge in [0.25, 0.3) is 23.6 Å². The van der Waals surface area contributed by atoms with Gasteiger partial charge in [-0.15, -0.1) is 0 Å². The molecule has 0 spiro atoms. The van der Waals surface area contributed by atoms with Crippen molar-refractivity contribution in [2.24, 2.45) is 0 Å². The van der Waals surface area contributed by atoms with Gasteiger partial charge in [0.1, 0.15) is 24.7 Å². The Morgan fingerprint density at radius 2 is 0.671 bits per heavy atom. The van der Waals surface area contributed by atoms with Crippen LogP contribution in [0.3, 0.4) is 0 Å². The van der Waals surface area contributed by atoms with E-state index in [1.165, 1.54) is 36.4 Å². The van der Waals surface area contributed by atoms with E-state index in [9.17, 15) is 29.1 Å². The van der Waals surface area contributed by atoms with E-state index in [1.807, 2.05) is 121 Å². The molecule has 0 atom stereocenters. The molecule has 0 radical (unpaired) electrons. The molecule has 3 aromatic heterocycles. The molecule has 20 bridgehead atoms. The smallest absolute Gasteiger partial charge is 0.336 e. The van der Waals surface area contributed by atoms with Gasteiger partial charge >= 0.3 is 5.97 Å². The minimum Gasteiger partial charge on any atom is -0.489 e. The molecule has 0 aliphatic carbocycles. The van der Waals surface area contributed by atoms with Gasteiger partial charge in [0.2, 0.25) is 0 Å². The molecule has 16 nitrogen and oxygen atoms in total. The molecule has 0 unspecified atom stereocenters. The highest BCUT2D eigenvalue weighted by atomic mass is 16.5. The Bertz CT molecular complexity index is 4330. The summed E-state index contributed by atoms with van der Waals surface area (Å²) >= 11 is 0. The summed E-state index contributed by atoms with van der Waals surface area (Å²) in [5.41, 5.74) is 11.8. The molecule has 6 aliphatic heterocycles. The molecular formula is C69H44N8O8. The zero-order valence-corrected chi connectivity index (χ0v) is 44.7. The zero-order valence-electron chi connectivity index (χ0n) is 44.7. The lowest BCUT2D eigenvalue weighted by Gasteiger charge is -2.18. The summed E-state index contributed by atoms with van der Waals surface area (Å²) in [6, 6.07) is 51.2. The van der Waals surface area contributed by atoms with Gasteiger partial charge in [0.15, 0.2) is 0 Å². The van der Waals surface area contributed by atoms with Crippen LogP contribution in [0.4, 0.5) is 22.7 Å². The summed E-state index contributed by atoms with van der Waals surface area (Å²) in [7, 11) is 0. The molecule has 0 saturated carbocycles. The van der Waals surface area contributed by atoms with E-state index in [2.05, 4.69) is 31.2 Å². The number of nitrogens with one attached hydrogen (secondary N) is 6. The lowest BCUT2D eigenvalue weighted by molar-refractivity contribution is 0.0690. The van der Waals surface area contributed by atoms with Crippen molar-refractivity contribution in [2.75, 3.05) is 21.3 Å². The number of ether oxygens (including phenoxy) is 2. The van der Waals surface area contributed by atoms with Crippen molar-refractivity contribution >= 4 is 98.7 Å². The number of fused-ring (bicyclic) bond motifs is 6. The number of hydrogen-bond acceptors (Lipinski definition) is 9. The van der Waals surface area contributed by atoms with Gasteiger partial charge in [0, 0.05) is 123 Å². The van der Waals surface area contributed by atoms with Crippen molar-refractivity contribution < 1.29 is 38.6 Å². The Labute approximate surface area is 483 Å². The fraction of sp³-hybridized carbons (Fsp3) is 0.0290. The van der Waals surface area contributed by atoms with Crippen LogP contribution in [0.5, 0.6) is 11.5 Å². The number of amides is 4. The van der Waals surface area contributed by atoms with Gasteiger partial charge in [0.05, 0.1) is 28.3 Å². The molecule has 4 amide bonds. The van der Waals surface area contributed by atoms with Gasteiger partial charge < -0.3 is 45.8 Å². The SMILES string of the molecule is O=C1Nc2ccccc2-c2c3nc(c4c5ccc([nH]5)c5c6nc(c(c7ccc2[nH]7)-c2ccccc2NC(=O)c2cc(cc1c2)OCc1cccc(c1C(=O)O)COc1cc(cc(c1)C(=O)Nc1ccccc1-5)C(=O)Nc1ccccc1-4)C=C6)C=C3. The summed E-state index contributed by atoms with van der Waals surface area (Å²) in [5, 5.41) is 23.5. The van der Waals surface area contributed by atoms with Crippen molar-refractivity contribution in [3.63, 3.8) is 0 Å². The van der Waals surface area contributed by atoms with Crippen LogP contribution in [0.2, 0.25) is 0 Å². The summed E-state index contributed by atoms with van der Waals surface area (Å²) in [6.07, 6.45) is 7.69. The number of nitrogens with zero attached hydrogens (tertiary/aromatic N) is 2. The first-order valence-corrected chi connectivity index (χ1v) is 27.2. The number of hydrogen-bond donors (Lipinski definition) is 7. The number of H-pyrrole nitrogens is 2. The number of rotatable bonds is 1. The third kappa shape index (κ3) is 8.85. The number of aromatic nitrogens is 4. The van der Waals surface area contributed by atoms with Gasteiger partial charge in [-0.3, -0.25) is 19.2 Å². The quantitative estimate of drug-likeness (QED) is 0.0822. The van der Waals surface area contributed by atoms with Crippen LogP contribution in [0.15, 0.2) is 176 Å². The lowest BCUT2D eigenvalue weighted by atomic mass is 10.0. The summed E-state index contributed by atoms with van der Waals surface area (Å²) in [5.74, 6) is -3.37. The van der Waals surface area contributed by atoms with Crippen molar-refractivity contribution in [2.45, 2.75) is 13.2 Å². The number of carboxylic acids is 1. The van der Waals surface area contributed by atoms with Crippen LogP contribution >= 0.6 is 0 Å². The second-order valence-electron chi connectivity index (χ2n) is 20.8. The number of carboxylic acid groups (broad SMARTS) is 1. The van der Waals surface area contributed by atoms with Crippen molar-refractivity contribution in [1.29, 1.82) is 0 Å². The van der Waals surface area contributed by atoms with Crippen molar-refractivity contribution in [1.82, 2.24) is 19.9 Å². The maximum absolute atomic E-state index is 15.0. The number of carbonyl (C=O) groups is 5. The summed E-state index contributed by atoms with van der Waals surface area (Å²) in [4.78, 5) is 91.7. The Hall–Kier alpha value is -11.9. The minimum atomic E-state index is -1.28. The van der Waals surface area contributed by atoms with Crippen molar-refractivity contribution in [3.05, 3.63) is 238 Å². The minimum absolute atomic E-state index is 0.0694. The first kappa shape index (κ1) is 50.1. The second-order valence-corrected chi connectivity index (χ2v) is 20.8. The van der Waals surface area contributed by atoms with Gasteiger partial charge in [-0.2, -0.15) is 0 Å². The number of carbonyl (C=O) groups excluding carboxylic acids is 4. The van der Waals surface area contributed by atoms with Crippen LogP contribution < -0.4 is 30.7 Å². The standard InChI is InChI=1S/C69H44N8O8/c78-65-38-28-39-31-42(30-38)84-34-36-10-9-11-37(60(36)69(82)83)35-85-43-32-40-29-41(33-43)68(81)77-51-19-8-4-15-47(51)64-55-23-22-54(71-55)63(46-14-3-7-18-50(46)76-67(40)80)57-25-24-56(72-57)61(44-12-1-5-16-48(44)74-65)52-20-21-53(70-52)62(58-26-27-59(64)73-58)45-13-2-6-17-49(45)75-66(39)79/h1-33,70-71H,34-35H2,(H,74,78)(H,75,79)(H,76,80)(H,77,81)(H,82,83). The molecule has 0 fully saturated rings. The largest absolute Gasteiger partial charge is 0.489 e. The molecule has 10 aromatic rings. The van der Waals surface area contributed by atoms with Gasteiger partial charge in [-0.05, 0) is 109 Å². The van der Waals surface area contributed by atoms with Gasteiger partial charge in [-0.1, -0.05) is 91.0 Å². The van der Waals surface area contributed by atoms with E-state index >= 15 is 0 Å². The number of benzene rings is 7. The molecule has 7 aromatic carbocycles. The van der Waals surface area contributed by atoms with Crippen molar-refractivity contribution in [3.8, 4) is 56.0 Å². The molecule has 6 aliphatic rings. The van der Waals surface area contributed by atoms with E-state index in [4.69, 9.17) is 19.4 Å². The Kier molecular flexibility index (Phi) is 11.8. The molecule has 16 heteroatoms. The van der Waals surface area contributed by atoms with E-state index in [1.54, 1.807) is 42.5 Å². The van der Waals surface area contributed by atoms with Crippen LogP contribution in [0, 0.1) is 0 Å². The molecule has 16 rings (SSSR count). The predicted molar refractivity (Wildman–Crippen MR) is 327 cm³/mol. The van der Waals surface area contributed by atoms with Crippen LogP contribution in [-0.2, 0) is 13.2 Å². The average molecular weight is 1110 g/mol. The fourth-order valence-electron chi connectivity index (χ4n) is 11.7. The third-order valence-electron chi connectivity index (χ3n) is 15.6. The van der Waals surface area contributed by atoms with Crippen LogP contribution in [0.1, 0.15) is 85.7 Å². The van der Waals surface area contributed by atoms with E-state index in [0.29, 0.717) is 112 Å². The fourth-order valence-corrected chi connectivity index (χ4v) is 11.7. The highest BCUT2D eigenvalue weighted by Crippen LogP contribution is 2.44. The normalized spacial score (nSPS) is 13.7. The maximum atomic E-state index is 15.0. The Morgan fingerprint density at radius 1 is 0.376 bits per heavy atom. The number of aromatic amines is 2. The molecule has 7 N–H and O–H groups in total. The zero-order chi connectivity index (χ0) is 57.4. The lowest BCUT2D eigenvalue weighted by Crippen LogP contribution is -2.17.